The monoisotopic (exact) mass is 559 g/mol. The summed E-state index contributed by atoms with van der Waals surface area (Å²) in [6.07, 6.45) is 8.89. The molecule has 1 heterocycles. The van der Waals surface area contributed by atoms with E-state index in [1.165, 1.54) is 0 Å². The average molecular weight is 560 g/mol. The van der Waals surface area contributed by atoms with Crippen LogP contribution in [0.1, 0.15) is 91.7 Å². The fourth-order valence-electron chi connectivity index (χ4n) is 4.96. The predicted molar refractivity (Wildman–Crippen MR) is 153 cm³/mol. The van der Waals surface area contributed by atoms with Crippen LogP contribution >= 0.6 is 0 Å². The highest BCUT2D eigenvalue weighted by molar-refractivity contribution is 6.22. The number of esters is 1. The summed E-state index contributed by atoms with van der Waals surface area (Å²) < 4.78 is 18.4. The number of Topliss-reactive ketones (excluding diaryl/α,β-unsaturated/α-hetero) is 2. The van der Waals surface area contributed by atoms with Gasteiger partial charge in [-0.2, -0.15) is 0 Å². The lowest BCUT2D eigenvalue weighted by Crippen LogP contribution is -2.32. The van der Waals surface area contributed by atoms with Crippen LogP contribution in [0.25, 0.3) is 0 Å². The molecular weight excluding hydrogens is 510 g/mol. The molecule has 0 amide bonds. The normalized spacial score (nSPS) is 15.9. The molecule has 9 heteroatoms. The zero-order valence-electron chi connectivity index (χ0n) is 25.2. The van der Waals surface area contributed by atoms with E-state index in [2.05, 4.69) is 30.7 Å². The maximum Gasteiger partial charge on any atom is 0.308 e. The largest absolute Gasteiger partial charge is 0.461 e. The van der Waals surface area contributed by atoms with Crippen LogP contribution in [-0.2, 0) is 41.7 Å². The third-order valence-electron chi connectivity index (χ3n) is 6.93. The van der Waals surface area contributed by atoms with E-state index < -0.39 is 0 Å². The molecule has 0 aromatic carbocycles. The van der Waals surface area contributed by atoms with Gasteiger partial charge in [0.25, 0.3) is 0 Å². The van der Waals surface area contributed by atoms with E-state index >= 15 is 0 Å². The molecule has 9 nitrogen and oxygen atoms in total. The summed E-state index contributed by atoms with van der Waals surface area (Å²) in [6, 6.07) is 0. The molecule has 1 aromatic rings. The number of unbranched alkanes of at least 4 members (excludes halogenated alkanes) is 1. The number of nitrogens with zero attached hydrogens (tertiary/aromatic N) is 3. The number of ketones is 2. The number of hydrogen-bond acceptors (Lipinski definition) is 8. The number of carbonyl (C=O) groups excluding carboxylic acids is 3. The van der Waals surface area contributed by atoms with Crippen LogP contribution in [0.3, 0.4) is 0 Å². The second kappa shape index (κ2) is 17.2. The molecule has 1 aromatic heterocycles. The van der Waals surface area contributed by atoms with Gasteiger partial charge in [0.15, 0.2) is 11.6 Å². The molecule has 1 saturated carbocycles. The number of ether oxygens (including phenoxy) is 3. The summed E-state index contributed by atoms with van der Waals surface area (Å²) in [5.41, 5.74) is 2.09. The molecule has 0 aliphatic heterocycles. The van der Waals surface area contributed by atoms with Gasteiger partial charge in [0.05, 0.1) is 43.2 Å². The Morgan fingerprint density at radius 3 is 2.45 bits per heavy atom. The number of aromatic nitrogens is 3. The number of allylic oxidation sites excluding steroid dienone is 2. The Bertz CT molecular complexity index is 988. The molecule has 40 heavy (non-hydrogen) atoms. The maximum absolute atomic E-state index is 12.8. The third kappa shape index (κ3) is 11.8. The van der Waals surface area contributed by atoms with E-state index in [-0.39, 0.29) is 35.5 Å². The molecule has 0 radical (unpaired) electrons. The molecule has 224 valence electrons. The molecule has 1 aliphatic carbocycles. The minimum atomic E-state index is -0.251. The molecule has 0 unspecified atom stereocenters. The molecule has 2 rings (SSSR count). The van der Waals surface area contributed by atoms with Crippen LogP contribution in [-0.4, -0.2) is 59.0 Å². The fraction of sp³-hybridized carbons (Fsp3) is 0.710. The SMILES string of the molecule is C=CCOC(=O)[C@@H](C)CCCCn1nncc1COCCOCCCC(CC(C)C)=C1C(=O)CC(C)(C)CC1=O. The fourth-order valence-corrected chi connectivity index (χ4v) is 4.96. The van der Waals surface area contributed by atoms with Crippen molar-refractivity contribution in [2.24, 2.45) is 17.3 Å². The lowest BCUT2D eigenvalue weighted by atomic mass is 9.72. The van der Waals surface area contributed by atoms with Crippen molar-refractivity contribution in [3.63, 3.8) is 0 Å². The Hall–Kier alpha value is -2.65. The summed E-state index contributed by atoms with van der Waals surface area (Å²) in [5, 5.41) is 8.14. The second-order valence-electron chi connectivity index (χ2n) is 12.0. The van der Waals surface area contributed by atoms with Gasteiger partial charge < -0.3 is 14.2 Å². The Morgan fingerprint density at radius 2 is 1.77 bits per heavy atom. The van der Waals surface area contributed by atoms with E-state index in [0.717, 1.165) is 43.4 Å². The lowest BCUT2D eigenvalue weighted by molar-refractivity contribution is -0.147. The van der Waals surface area contributed by atoms with Crippen LogP contribution in [0.2, 0.25) is 0 Å². The van der Waals surface area contributed by atoms with Gasteiger partial charge in [-0.3, -0.25) is 14.4 Å². The van der Waals surface area contributed by atoms with Crippen molar-refractivity contribution in [3.8, 4) is 0 Å². The van der Waals surface area contributed by atoms with Gasteiger partial charge in [0.1, 0.15) is 6.61 Å². The first-order valence-electron chi connectivity index (χ1n) is 14.6. The molecule has 1 fully saturated rings. The molecular formula is C31H49N3O6. The van der Waals surface area contributed by atoms with Gasteiger partial charge in [-0.1, -0.05) is 64.5 Å². The maximum atomic E-state index is 12.8. The van der Waals surface area contributed by atoms with Crippen LogP contribution in [0, 0.1) is 17.3 Å². The zero-order valence-corrected chi connectivity index (χ0v) is 25.2. The molecule has 1 atom stereocenters. The van der Waals surface area contributed by atoms with Crippen molar-refractivity contribution in [2.45, 2.75) is 99.1 Å². The van der Waals surface area contributed by atoms with E-state index in [9.17, 15) is 14.4 Å². The zero-order chi connectivity index (χ0) is 29.5. The number of hydrogen-bond donors (Lipinski definition) is 0. The van der Waals surface area contributed by atoms with Crippen molar-refractivity contribution in [2.75, 3.05) is 26.4 Å². The molecule has 0 bridgehead atoms. The summed E-state index contributed by atoms with van der Waals surface area (Å²) in [5.74, 6) is 0.0482. The Balaban J connectivity index is 1.66. The number of rotatable bonds is 19. The summed E-state index contributed by atoms with van der Waals surface area (Å²) in [6.45, 7) is 16.4. The van der Waals surface area contributed by atoms with Crippen LogP contribution in [0.5, 0.6) is 0 Å². The van der Waals surface area contributed by atoms with E-state index in [1.54, 1.807) is 12.3 Å². The van der Waals surface area contributed by atoms with Gasteiger partial charge >= 0.3 is 5.97 Å². The van der Waals surface area contributed by atoms with Crippen LogP contribution in [0.15, 0.2) is 30.0 Å². The van der Waals surface area contributed by atoms with Gasteiger partial charge in [0.2, 0.25) is 0 Å². The van der Waals surface area contributed by atoms with Crippen molar-refractivity contribution < 1.29 is 28.6 Å². The second-order valence-corrected chi connectivity index (χ2v) is 12.0. The van der Waals surface area contributed by atoms with Crippen molar-refractivity contribution in [3.05, 3.63) is 35.7 Å². The molecule has 0 N–H and O–H groups in total. The smallest absolute Gasteiger partial charge is 0.308 e. The van der Waals surface area contributed by atoms with E-state index in [1.807, 2.05) is 25.5 Å². The summed E-state index contributed by atoms with van der Waals surface area (Å²) >= 11 is 0. The summed E-state index contributed by atoms with van der Waals surface area (Å²) in [7, 11) is 0. The van der Waals surface area contributed by atoms with Crippen LogP contribution < -0.4 is 0 Å². The highest BCUT2D eigenvalue weighted by Crippen LogP contribution is 2.36. The molecule has 0 saturated heterocycles. The van der Waals surface area contributed by atoms with Crippen molar-refractivity contribution >= 4 is 17.5 Å². The minimum Gasteiger partial charge on any atom is -0.461 e. The first-order valence-corrected chi connectivity index (χ1v) is 14.6. The van der Waals surface area contributed by atoms with Crippen molar-refractivity contribution in [1.82, 2.24) is 15.0 Å². The van der Waals surface area contributed by atoms with Crippen molar-refractivity contribution in [1.29, 1.82) is 0 Å². The number of aryl methyl sites for hydroxylation is 1. The Morgan fingerprint density at radius 1 is 1.07 bits per heavy atom. The topological polar surface area (TPSA) is 110 Å². The molecule has 1 aliphatic rings. The first-order chi connectivity index (χ1) is 19.0. The lowest BCUT2D eigenvalue weighted by Gasteiger charge is -2.30. The Kier molecular flexibility index (Phi) is 14.5. The van der Waals surface area contributed by atoms with Crippen LogP contribution in [0.4, 0.5) is 0 Å². The quantitative estimate of drug-likeness (QED) is 0.0726. The van der Waals surface area contributed by atoms with E-state index in [4.69, 9.17) is 14.2 Å². The number of carbonyl (C=O) groups is 3. The van der Waals surface area contributed by atoms with Gasteiger partial charge in [-0.05, 0) is 43.4 Å². The predicted octanol–water partition coefficient (Wildman–Crippen LogP) is 5.43. The van der Waals surface area contributed by atoms with E-state index in [0.29, 0.717) is 63.7 Å². The standard InChI is InChI=1S/C31H49N3O6/c1-7-14-40-30(37)24(4)11-8-9-13-34-26(21-32-33-34)22-39-17-16-38-15-10-12-25(18-23(2)3)29-27(35)19-31(5,6)20-28(29)36/h7,21,23-24H,1,8-20,22H2,2-6H3/t24-/m0/s1. The van der Waals surface area contributed by atoms with Gasteiger partial charge in [-0.25, -0.2) is 4.68 Å². The minimum absolute atomic E-state index is 0.00143. The Labute approximate surface area is 239 Å². The highest BCUT2D eigenvalue weighted by Gasteiger charge is 2.37. The van der Waals surface area contributed by atoms with Gasteiger partial charge in [-0.15, -0.1) is 5.10 Å². The highest BCUT2D eigenvalue weighted by atomic mass is 16.5. The molecule has 0 spiro atoms. The summed E-state index contributed by atoms with van der Waals surface area (Å²) in [4.78, 5) is 37.4. The third-order valence-corrected chi connectivity index (χ3v) is 6.93. The average Bonchev–Trinajstić information content (AvgIpc) is 3.31. The van der Waals surface area contributed by atoms with Gasteiger partial charge in [0, 0.05) is 26.0 Å². The first kappa shape index (κ1) is 33.6.